The van der Waals surface area contributed by atoms with Crippen molar-refractivity contribution in [3.63, 3.8) is 0 Å². The number of hydrogen-bond donors (Lipinski definition) is 2. The van der Waals surface area contributed by atoms with Crippen LogP contribution in [0.5, 0.6) is 11.5 Å². The molecule has 0 saturated carbocycles. The van der Waals surface area contributed by atoms with Crippen molar-refractivity contribution in [3.05, 3.63) is 93.5 Å². The van der Waals surface area contributed by atoms with Gasteiger partial charge in [-0.1, -0.05) is 77.4 Å². The van der Waals surface area contributed by atoms with E-state index in [4.69, 9.17) is 16.3 Å². The Morgan fingerprint density at radius 1 is 0.946 bits per heavy atom. The van der Waals surface area contributed by atoms with E-state index in [0.29, 0.717) is 30.2 Å². The number of rotatable bonds is 8. The SMILES string of the molecule is CC(C)(C)c1cc(CCC(=O)N/N=C\c2ccc(OCc3cccc(Cl)c3)cc2)cc(C(C)(C)C)c1O. The number of aromatic hydroxyl groups is 1. The predicted molar refractivity (Wildman–Crippen MR) is 152 cm³/mol. The molecule has 3 aromatic rings. The quantitative estimate of drug-likeness (QED) is 0.242. The zero-order valence-corrected chi connectivity index (χ0v) is 23.3. The topological polar surface area (TPSA) is 70.9 Å². The van der Waals surface area contributed by atoms with Crippen molar-refractivity contribution in [2.75, 3.05) is 0 Å². The largest absolute Gasteiger partial charge is 0.507 e. The number of benzene rings is 3. The van der Waals surface area contributed by atoms with E-state index < -0.39 is 0 Å². The van der Waals surface area contributed by atoms with Crippen molar-refractivity contribution >= 4 is 23.7 Å². The molecule has 3 aromatic carbocycles. The van der Waals surface area contributed by atoms with Crippen molar-refractivity contribution in [1.29, 1.82) is 0 Å². The Morgan fingerprint density at radius 2 is 1.57 bits per heavy atom. The van der Waals surface area contributed by atoms with E-state index >= 15 is 0 Å². The number of hydrogen-bond acceptors (Lipinski definition) is 4. The first-order valence-corrected chi connectivity index (χ1v) is 12.9. The number of amides is 1. The molecule has 0 atom stereocenters. The molecule has 196 valence electrons. The van der Waals surface area contributed by atoms with Gasteiger partial charge in [-0.05, 0) is 81.5 Å². The van der Waals surface area contributed by atoms with Gasteiger partial charge in [-0.25, -0.2) is 5.43 Å². The normalized spacial score (nSPS) is 12.1. The smallest absolute Gasteiger partial charge is 0.240 e. The van der Waals surface area contributed by atoms with Gasteiger partial charge in [0.05, 0.1) is 6.21 Å². The van der Waals surface area contributed by atoms with Crippen molar-refractivity contribution in [1.82, 2.24) is 5.43 Å². The lowest BCUT2D eigenvalue weighted by Crippen LogP contribution is -2.20. The number of hydrazone groups is 1. The second-order valence-electron chi connectivity index (χ2n) is 11.3. The Hall–Kier alpha value is -3.31. The lowest BCUT2D eigenvalue weighted by molar-refractivity contribution is -0.121. The Bertz CT molecular complexity index is 1220. The fourth-order valence-electron chi connectivity index (χ4n) is 3.92. The molecule has 0 radical (unpaired) electrons. The number of carbonyl (C=O) groups is 1. The van der Waals surface area contributed by atoms with E-state index in [2.05, 4.69) is 52.1 Å². The summed E-state index contributed by atoms with van der Waals surface area (Å²) in [6.07, 6.45) is 2.46. The summed E-state index contributed by atoms with van der Waals surface area (Å²) in [6.45, 7) is 12.9. The summed E-state index contributed by atoms with van der Waals surface area (Å²) >= 11 is 6.01. The van der Waals surface area contributed by atoms with Crippen LogP contribution in [0.25, 0.3) is 0 Å². The third-order valence-electron chi connectivity index (χ3n) is 6.00. The molecule has 3 rings (SSSR count). The molecule has 0 aliphatic carbocycles. The number of carbonyl (C=O) groups excluding carboxylic acids is 1. The summed E-state index contributed by atoms with van der Waals surface area (Å²) in [4.78, 5) is 12.4. The number of halogens is 1. The van der Waals surface area contributed by atoms with E-state index in [1.165, 1.54) is 0 Å². The summed E-state index contributed by atoms with van der Waals surface area (Å²) in [6, 6.07) is 19.1. The van der Waals surface area contributed by atoms with Crippen LogP contribution in [0.15, 0.2) is 65.8 Å². The van der Waals surface area contributed by atoms with Crippen LogP contribution in [0.2, 0.25) is 5.02 Å². The first-order chi connectivity index (χ1) is 17.3. The van der Waals surface area contributed by atoms with Gasteiger partial charge in [-0.3, -0.25) is 4.79 Å². The van der Waals surface area contributed by atoms with E-state index in [1.54, 1.807) is 6.21 Å². The zero-order chi connectivity index (χ0) is 27.2. The molecule has 0 aliphatic rings. The molecule has 1 amide bonds. The molecule has 0 spiro atoms. The van der Waals surface area contributed by atoms with Gasteiger partial charge >= 0.3 is 0 Å². The summed E-state index contributed by atoms with van der Waals surface area (Å²) in [5.74, 6) is 0.915. The zero-order valence-electron chi connectivity index (χ0n) is 22.6. The van der Waals surface area contributed by atoms with E-state index in [0.717, 1.165) is 33.6 Å². The van der Waals surface area contributed by atoms with Crippen molar-refractivity contribution in [3.8, 4) is 11.5 Å². The van der Waals surface area contributed by atoms with Crippen LogP contribution in [0.3, 0.4) is 0 Å². The van der Waals surface area contributed by atoms with Crippen LogP contribution >= 0.6 is 11.6 Å². The minimum atomic E-state index is -0.206. The number of phenolic OH excluding ortho intramolecular Hbond substituents is 1. The maximum atomic E-state index is 12.4. The monoisotopic (exact) mass is 520 g/mol. The standard InChI is InChI=1S/C31H37ClN2O3/c1-30(2,3)26-17-22(18-27(29(26)36)31(4,5)6)12-15-28(35)34-33-19-21-10-13-25(14-11-21)37-20-23-8-7-9-24(32)16-23/h7-11,13-14,16-19,36H,12,15,20H2,1-6H3,(H,34,35)/b33-19-. The minimum Gasteiger partial charge on any atom is -0.507 e. The average Bonchev–Trinajstić information content (AvgIpc) is 2.81. The fourth-order valence-corrected chi connectivity index (χ4v) is 4.13. The Labute approximate surface area is 225 Å². The first-order valence-electron chi connectivity index (χ1n) is 12.5. The van der Waals surface area contributed by atoms with Crippen LogP contribution < -0.4 is 10.2 Å². The Balaban J connectivity index is 1.54. The molecule has 0 saturated heterocycles. The first kappa shape index (κ1) is 28.3. The molecule has 37 heavy (non-hydrogen) atoms. The van der Waals surface area contributed by atoms with Gasteiger partial charge in [0.15, 0.2) is 0 Å². The van der Waals surface area contributed by atoms with Gasteiger partial charge in [-0.15, -0.1) is 0 Å². The minimum absolute atomic E-state index is 0.166. The van der Waals surface area contributed by atoms with Gasteiger partial charge in [-0.2, -0.15) is 5.10 Å². The number of aryl methyl sites for hydroxylation is 1. The molecule has 0 unspecified atom stereocenters. The highest BCUT2D eigenvalue weighted by atomic mass is 35.5. The van der Waals surface area contributed by atoms with Gasteiger partial charge in [0.2, 0.25) is 5.91 Å². The average molecular weight is 521 g/mol. The van der Waals surface area contributed by atoms with Gasteiger partial charge in [0.1, 0.15) is 18.1 Å². The molecule has 5 nitrogen and oxygen atoms in total. The predicted octanol–water partition coefficient (Wildman–Crippen LogP) is 7.30. The maximum Gasteiger partial charge on any atom is 0.240 e. The molecule has 0 fully saturated rings. The van der Waals surface area contributed by atoms with Crippen molar-refractivity contribution in [2.24, 2.45) is 5.10 Å². The second-order valence-corrected chi connectivity index (χ2v) is 11.8. The number of phenols is 1. The van der Waals surface area contributed by atoms with E-state index in [1.807, 2.05) is 60.7 Å². The third kappa shape index (κ3) is 8.36. The number of ether oxygens (including phenoxy) is 1. The molecular weight excluding hydrogens is 484 g/mol. The number of nitrogens with one attached hydrogen (secondary N) is 1. The fraction of sp³-hybridized carbons (Fsp3) is 0.355. The molecule has 2 N–H and O–H groups in total. The highest BCUT2D eigenvalue weighted by Crippen LogP contribution is 2.40. The van der Waals surface area contributed by atoms with Crippen LogP contribution in [0.1, 0.15) is 75.8 Å². The van der Waals surface area contributed by atoms with Crippen LogP contribution in [0.4, 0.5) is 0 Å². The molecule has 6 heteroatoms. The van der Waals surface area contributed by atoms with E-state index in [-0.39, 0.29) is 16.7 Å². The highest BCUT2D eigenvalue weighted by molar-refractivity contribution is 6.30. The second kappa shape index (κ2) is 11.8. The Kier molecular flexibility index (Phi) is 9.03. The summed E-state index contributed by atoms with van der Waals surface area (Å²) < 4.78 is 5.80. The van der Waals surface area contributed by atoms with Gasteiger partial charge < -0.3 is 9.84 Å². The molecule has 0 aromatic heterocycles. The molecular formula is C31H37ClN2O3. The summed E-state index contributed by atoms with van der Waals surface area (Å²) in [5.41, 5.74) is 6.86. The lowest BCUT2D eigenvalue weighted by atomic mass is 9.78. The highest BCUT2D eigenvalue weighted by Gasteiger charge is 2.26. The van der Waals surface area contributed by atoms with Gasteiger partial charge in [0, 0.05) is 11.4 Å². The third-order valence-corrected chi connectivity index (χ3v) is 6.24. The molecule has 0 bridgehead atoms. The number of nitrogens with zero attached hydrogens (tertiary/aromatic N) is 1. The van der Waals surface area contributed by atoms with E-state index in [9.17, 15) is 9.90 Å². The van der Waals surface area contributed by atoms with Crippen molar-refractivity contribution in [2.45, 2.75) is 71.8 Å². The van der Waals surface area contributed by atoms with Gasteiger partial charge in [0.25, 0.3) is 0 Å². The maximum absolute atomic E-state index is 12.4. The van der Waals surface area contributed by atoms with Crippen LogP contribution in [-0.4, -0.2) is 17.2 Å². The molecule has 0 aliphatic heterocycles. The molecule has 0 heterocycles. The van der Waals surface area contributed by atoms with Crippen LogP contribution in [0, 0.1) is 0 Å². The summed E-state index contributed by atoms with van der Waals surface area (Å²) in [7, 11) is 0. The van der Waals surface area contributed by atoms with Crippen molar-refractivity contribution < 1.29 is 14.6 Å². The Morgan fingerprint density at radius 3 is 2.14 bits per heavy atom. The summed E-state index contributed by atoms with van der Waals surface area (Å²) in [5, 5.41) is 15.7. The van der Waals surface area contributed by atoms with Crippen LogP contribution in [-0.2, 0) is 28.7 Å². The lowest BCUT2D eigenvalue weighted by Gasteiger charge is -2.28.